The molecule has 0 heterocycles. The van der Waals surface area contributed by atoms with Crippen molar-refractivity contribution >= 4 is 0 Å². The third kappa shape index (κ3) is 9.88. The van der Waals surface area contributed by atoms with Gasteiger partial charge >= 0.3 is 0 Å². The molecule has 0 aliphatic carbocycles. The Morgan fingerprint density at radius 1 is 0.344 bits per heavy atom. The van der Waals surface area contributed by atoms with Gasteiger partial charge in [0.1, 0.15) is 5.75 Å². The average molecular weight is 445 g/mol. The maximum atomic E-state index is 11.5. The Labute approximate surface area is 201 Å². The molecule has 0 unspecified atom stereocenters. The quantitative estimate of drug-likeness (QED) is 0.198. The molecule has 0 saturated heterocycles. The van der Waals surface area contributed by atoms with Crippen LogP contribution in [0.4, 0.5) is 0 Å². The zero-order chi connectivity index (χ0) is 23.6. The normalized spacial score (nSPS) is 11.4. The molecular formula is C31H56O. The van der Waals surface area contributed by atoms with Gasteiger partial charge in [-0.2, -0.15) is 0 Å². The second-order valence-electron chi connectivity index (χ2n) is 10.0. The van der Waals surface area contributed by atoms with Crippen LogP contribution in [-0.4, -0.2) is 5.11 Å². The van der Waals surface area contributed by atoms with Gasteiger partial charge in [-0.15, -0.1) is 0 Å². The number of hydrogen-bond acceptors (Lipinski definition) is 1. The summed E-state index contributed by atoms with van der Waals surface area (Å²) in [5.74, 6) is 0.685. The van der Waals surface area contributed by atoms with E-state index in [-0.39, 0.29) is 0 Å². The smallest absolute Gasteiger partial charge is 0.122 e. The molecular weight excluding hydrogens is 388 g/mol. The van der Waals surface area contributed by atoms with Crippen molar-refractivity contribution in [2.75, 3.05) is 0 Å². The first kappa shape index (κ1) is 29.1. The fourth-order valence-electron chi connectivity index (χ4n) is 5.23. The molecule has 186 valence electrons. The number of unbranched alkanes of at least 4 members (excludes halogenated alkanes) is 10. The van der Waals surface area contributed by atoms with Crippen molar-refractivity contribution in [2.45, 2.75) is 163 Å². The minimum absolute atomic E-state index is 0.685. The van der Waals surface area contributed by atoms with Gasteiger partial charge in [-0.25, -0.2) is 0 Å². The number of benzene rings is 1. The van der Waals surface area contributed by atoms with E-state index in [0.29, 0.717) is 5.75 Å². The molecule has 1 nitrogen and oxygen atoms in total. The lowest BCUT2D eigenvalue weighted by atomic mass is 9.81. The Kier molecular flexibility index (Phi) is 16.7. The van der Waals surface area contributed by atoms with E-state index in [4.69, 9.17) is 0 Å². The fraction of sp³-hybridized carbons (Fsp3) is 0.806. The summed E-state index contributed by atoms with van der Waals surface area (Å²) in [5, 5.41) is 11.5. The van der Waals surface area contributed by atoms with Gasteiger partial charge in [0.15, 0.2) is 0 Å². The topological polar surface area (TPSA) is 20.2 Å². The Morgan fingerprint density at radius 3 is 1.12 bits per heavy atom. The molecule has 1 heteroatoms. The average Bonchev–Trinajstić information content (AvgIpc) is 2.80. The Balaban J connectivity index is 3.36. The Morgan fingerprint density at radius 2 is 0.688 bits per heavy atom. The third-order valence-electron chi connectivity index (χ3n) is 7.15. The lowest BCUT2D eigenvalue weighted by Crippen LogP contribution is -2.11. The van der Waals surface area contributed by atoms with Crippen molar-refractivity contribution in [3.8, 4) is 5.75 Å². The molecule has 0 spiro atoms. The molecule has 0 saturated carbocycles. The third-order valence-corrected chi connectivity index (χ3v) is 7.15. The van der Waals surface area contributed by atoms with Crippen LogP contribution in [0.2, 0.25) is 0 Å². The number of rotatable bonds is 20. The predicted octanol–water partition coefficient (Wildman–Crippen LogP) is 10.1. The zero-order valence-corrected chi connectivity index (χ0v) is 22.6. The number of phenols is 1. The number of phenolic OH excluding ortho intramolecular Hbond substituents is 1. The largest absolute Gasteiger partial charge is 0.507 e. The minimum atomic E-state index is 0.685. The monoisotopic (exact) mass is 444 g/mol. The Hall–Kier alpha value is -0.980. The van der Waals surface area contributed by atoms with Gasteiger partial charge < -0.3 is 5.11 Å². The molecule has 0 aliphatic rings. The van der Waals surface area contributed by atoms with Crippen LogP contribution in [0, 0.1) is 0 Å². The number of hydrogen-bond donors (Lipinski definition) is 1. The second kappa shape index (κ2) is 18.4. The van der Waals surface area contributed by atoms with Crippen LogP contribution < -0.4 is 0 Å². The first-order chi connectivity index (χ1) is 15.7. The highest BCUT2D eigenvalue weighted by molar-refractivity contribution is 5.56. The van der Waals surface area contributed by atoms with Crippen molar-refractivity contribution in [3.63, 3.8) is 0 Å². The van der Waals surface area contributed by atoms with Gasteiger partial charge in [-0.05, 0) is 85.6 Å². The van der Waals surface area contributed by atoms with E-state index < -0.39 is 0 Å². The van der Waals surface area contributed by atoms with E-state index in [1.165, 1.54) is 114 Å². The standard InChI is InChI=1S/C31H56O/c1-6-11-15-17-19-24-26-27(22-13-8-3)30(23-14-9-4)31(32)29(21-10-5)28(26)25-20-18-16-12-7-2/h32H,6-25H2,1-5H3. The molecule has 1 aromatic rings. The van der Waals surface area contributed by atoms with Crippen LogP contribution in [-0.2, 0) is 32.1 Å². The van der Waals surface area contributed by atoms with E-state index in [1.54, 1.807) is 16.7 Å². The summed E-state index contributed by atoms with van der Waals surface area (Å²) in [7, 11) is 0. The highest BCUT2D eigenvalue weighted by Crippen LogP contribution is 2.38. The summed E-state index contributed by atoms with van der Waals surface area (Å²) < 4.78 is 0. The summed E-state index contributed by atoms with van der Waals surface area (Å²) in [6.07, 6.45) is 24.9. The van der Waals surface area contributed by atoms with Gasteiger partial charge in [0.25, 0.3) is 0 Å². The van der Waals surface area contributed by atoms with Crippen LogP contribution in [0.15, 0.2) is 0 Å². The van der Waals surface area contributed by atoms with Gasteiger partial charge in [-0.1, -0.05) is 105 Å². The molecule has 0 bridgehead atoms. The molecule has 1 rings (SSSR count). The maximum absolute atomic E-state index is 11.5. The van der Waals surface area contributed by atoms with Crippen molar-refractivity contribution in [1.82, 2.24) is 0 Å². The summed E-state index contributed by atoms with van der Waals surface area (Å²) in [6, 6.07) is 0. The molecule has 1 aromatic carbocycles. The fourth-order valence-corrected chi connectivity index (χ4v) is 5.23. The zero-order valence-electron chi connectivity index (χ0n) is 22.6. The molecule has 0 fully saturated rings. The van der Waals surface area contributed by atoms with E-state index in [2.05, 4.69) is 34.6 Å². The second-order valence-corrected chi connectivity index (χ2v) is 10.0. The minimum Gasteiger partial charge on any atom is -0.507 e. The van der Waals surface area contributed by atoms with Gasteiger partial charge in [0, 0.05) is 0 Å². The summed E-state index contributed by atoms with van der Waals surface area (Å²) in [4.78, 5) is 0. The van der Waals surface area contributed by atoms with Crippen LogP contribution in [0.1, 0.15) is 159 Å². The summed E-state index contributed by atoms with van der Waals surface area (Å²) in [6.45, 7) is 11.4. The van der Waals surface area contributed by atoms with Gasteiger partial charge in [0.2, 0.25) is 0 Å². The van der Waals surface area contributed by atoms with Crippen molar-refractivity contribution < 1.29 is 5.11 Å². The van der Waals surface area contributed by atoms with Gasteiger partial charge in [-0.3, -0.25) is 0 Å². The lowest BCUT2D eigenvalue weighted by Gasteiger charge is -2.25. The molecule has 0 aromatic heterocycles. The highest BCUT2D eigenvalue weighted by atomic mass is 16.3. The maximum Gasteiger partial charge on any atom is 0.122 e. The molecule has 32 heavy (non-hydrogen) atoms. The first-order valence-electron chi connectivity index (χ1n) is 14.5. The van der Waals surface area contributed by atoms with Crippen LogP contribution in [0.5, 0.6) is 5.75 Å². The van der Waals surface area contributed by atoms with E-state index in [9.17, 15) is 5.11 Å². The van der Waals surface area contributed by atoms with Gasteiger partial charge in [0.05, 0.1) is 0 Å². The van der Waals surface area contributed by atoms with Crippen molar-refractivity contribution in [3.05, 3.63) is 27.8 Å². The van der Waals surface area contributed by atoms with E-state index >= 15 is 0 Å². The first-order valence-corrected chi connectivity index (χ1v) is 14.5. The molecule has 0 aliphatic heterocycles. The van der Waals surface area contributed by atoms with E-state index in [0.717, 1.165) is 25.7 Å². The van der Waals surface area contributed by atoms with Crippen LogP contribution in [0.25, 0.3) is 0 Å². The van der Waals surface area contributed by atoms with Crippen LogP contribution >= 0.6 is 0 Å². The molecule has 0 atom stereocenters. The highest BCUT2D eigenvalue weighted by Gasteiger charge is 2.22. The SMILES string of the molecule is CCCCCCCc1c(CCC)c(O)c(CCCC)c(CCCC)c1CCCCCCC. The van der Waals surface area contributed by atoms with Crippen molar-refractivity contribution in [1.29, 1.82) is 0 Å². The summed E-state index contributed by atoms with van der Waals surface area (Å²) >= 11 is 0. The molecule has 0 radical (unpaired) electrons. The van der Waals surface area contributed by atoms with E-state index in [1.807, 2.05) is 0 Å². The van der Waals surface area contributed by atoms with Crippen molar-refractivity contribution in [2.24, 2.45) is 0 Å². The predicted molar refractivity (Wildman–Crippen MR) is 144 cm³/mol. The molecule has 1 N–H and O–H groups in total. The number of aromatic hydroxyl groups is 1. The molecule has 0 amide bonds. The van der Waals surface area contributed by atoms with Crippen LogP contribution in [0.3, 0.4) is 0 Å². The Bertz CT molecular complexity index is 601. The summed E-state index contributed by atoms with van der Waals surface area (Å²) in [5.41, 5.74) is 7.41. The lowest BCUT2D eigenvalue weighted by molar-refractivity contribution is 0.455.